The highest BCUT2D eigenvalue weighted by Crippen LogP contribution is 2.34. The van der Waals surface area contributed by atoms with Crippen molar-refractivity contribution in [1.82, 2.24) is 14.7 Å². The third-order valence-corrected chi connectivity index (χ3v) is 5.58. The minimum atomic E-state index is -0.461. The summed E-state index contributed by atoms with van der Waals surface area (Å²) >= 11 is 6.04. The van der Waals surface area contributed by atoms with Crippen LogP contribution in [0.4, 0.5) is 0 Å². The van der Waals surface area contributed by atoms with Gasteiger partial charge in [0.25, 0.3) is 0 Å². The van der Waals surface area contributed by atoms with Crippen LogP contribution in [0, 0.1) is 0 Å². The summed E-state index contributed by atoms with van der Waals surface area (Å²) in [5, 5.41) is 16.0. The Morgan fingerprint density at radius 3 is 2.58 bits per heavy atom. The van der Waals surface area contributed by atoms with E-state index >= 15 is 0 Å². The molecule has 0 fully saturated rings. The van der Waals surface area contributed by atoms with Gasteiger partial charge in [0.2, 0.25) is 5.88 Å². The molecule has 1 N–H and O–H groups in total. The molecule has 0 aliphatic carbocycles. The molecular formula is C26H32ClN3O3. The number of aliphatic hydroxyl groups excluding tert-OH is 1. The van der Waals surface area contributed by atoms with Crippen LogP contribution in [-0.2, 0) is 18.3 Å². The van der Waals surface area contributed by atoms with Crippen molar-refractivity contribution in [3.8, 4) is 22.9 Å². The number of aromatic nitrogens is 2. The number of methoxy groups -OCH3 is 1. The first-order valence-electron chi connectivity index (χ1n) is 11.1. The summed E-state index contributed by atoms with van der Waals surface area (Å²) in [6, 6.07) is 17.3. The summed E-state index contributed by atoms with van der Waals surface area (Å²) in [5.74, 6) is 1.33. The van der Waals surface area contributed by atoms with Gasteiger partial charge in [0.1, 0.15) is 11.4 Å². The van der Waals surface area contributed by atoms with Crippen LogP contribution in [0.5, 0.6) is 11.6 Å². The van der Waals surface area contributed by atoms with Crippen LogP contribution in [0.25, 0.3) is 11.3 Å². The van der Waals surface area contributed by atoms with Crippen molar-refractivity contribution in [1.29, 1.82) is 0 Å². The molecule has 176 valence electrons. The molecule has 1 heterocycles. The molecule has 33 heavy (non-hydrogen) atoms. The van der Waals surface area contributed by atoms with Gasteiger partial charge in [-0.05, 0) is 37.1 Å². The van der Waals surface area contributed by atoms with Crippen LogP contribution in [0.2, 0.25) is 5.02 Å². The van der Waals surface area contributed by atoms with E-state index in [2.05, 4.69) is 11.5 Å². The van der Waals surface area contributed by atoms with Crippen LogP contribution in [0.15, 0.2) is 67.3 Å². The summed E-state index contributed by atoms with van der Waals surface area (Å²) < 4.78 is 13.4. The van der Waals surface area contributed by atoms with E-state index in [9.17, 15) is 5.11 Å². The molecule has 6 nitrogen and oxygen atoms in total. The Balaban J connectivity index is 1.96. The standard InChI is InChI=1S/C26H32ClN3O3/c1-4-5-11-22(31)18-30(16-17-32-3)19-24-25(20-9-7-6-8-10-20)28-29(2)26(24)33-23-14-12-21(27)13-15-23/h4,6-10,12-15,22,31H,1,5,11,16-19H2,2-3H3. The zero-order valence-corrected chi connectivity index (χ0v) is 20.0. The van der Waals surface area contributed by atoms with Crippen molar-refractivity contribution in [3.63, 3.8) is 0 Å². The average molecular weight is 470 g/mol. The van der Waals surface area contributed by atoms with E-state index in [1.807, 2.05) is 55.6 Å². The molecular weight excluding hydrogens is 438 g/mol. The third kappa shape index (κ3) is 7.17. The Labute approximate surface area is 201 Å². The number of rotatable bonds is 13. The predicted molar refractivity (Wildman–Crippen MR) is 133 cm³/mol. The van der Waals surface area contributed by atoms with Crippen LogP contribution < -0.4 is 4.74 Å². The zero-order chi connectivity index (χ0) is 23.6. The van der Waals surface area contributed by atoms with Crippen LogP contribution in [-0.4, -0.2) is 52.7 Å². The Morgan fingerprint density at radius 2 is 1.91 bits per heavy atom. The second-order valence-corrected chi connectivity index (χ2v) is 8.36. The lowest BCUT2D eigenvalue weighted by Gasteiger charge is -2.25. The monoisotopic (exact) mass is 469 g/mol. The molecule has 3 aromatic rings. The fourth-order valence-electron chi connectivity index (χ4n) is 3.64. The second kappa shape index (κ2) is 12.6. The van der Waals surface area contributed by atoms with Crippen molar-refractivity contribution < 1.29 is 14.6 Å². The van der Waals surface area contributed by atoms with Gasteiger partial charge in [-0.3, -0.25) is 4.90 Å². The van der Waals surface area contributed by atoms with Crippen molar-refractivity contribution in [3.05, 3.63) is 77.8 Å². The van der Waals surface area contributed by atoms with E-state index in [0.717, 1.165) is 23.2 Å². The lowest BCUT2D eigenvalue weighted by molar-refractivity contribution is 0.0806. The fourth-order valence-corrected chi connectivity index (χ4v) is 3.77. The number of halogens is 1. The van der Waals surface area contributed by atoms with Gasteiger partial charge in [-0.15, -0.1) is 6.58 Å². The Hall–Kier alpha value is -2.64. The molecule has 0 saturated carbocycles. The van der Waals surface area contributed by atoms with Crippen molar-refractivity contribution in [2.45, 2.75) is 25.5 Å². The molecule has 0 saturated heterocycles. The normalized spacial score (nSPS) is 12.2. The molecule has 0 radical (unpaired) electrons. The van der Waals surface area contributed by atoms with Crippen LogP contribution in [0.3, 0.4) is 0 Å². The van der Waals surface area contributed by atoms with Gasteiger partial charge in [0.05, 0.1) is 18.3 Å². The number of aliphatic hydroxyl groups is 1. The average Bonchev–Trinajstić information content (AvgIpc) is 3.13. The number of aryl methyl sites for hydroxylation is 1. The molecule has 0 aliphatic rings. The maximum Gasteiger partial charge on any atom is 0.222 e. The minimum Gasteiger partial charge on any atom is -0.439 e. The van der Waals surface area contributed by atoms with E-state index in [1.165, 1.54) is 0 Å². The van der Waals surface area contributed by atoms with Crippen molar-refractivity contribution in [2.24, 2.45) is 7.05 Å². The summed E-state index contributed by atoms with van der Waals surface area (Å²) in [4.78, 5) is 2.18. The number of hydrogen-bond acceptors (Lipinski definition) is 5. The number of hydrogen-bond donors (Lipinski definition) is 1. The Morgan fingerprint density at radius 1 is 1.18 bits per heavy atom. The molecule has 3 rings (SSSR count). The molecule has 0 aliphatic heterocycles. The number of nitrogens with zero attached hydrogens (tertiary/aromatic N) is 3. The van der Waals surface area contributed by atoms with Gasteiger partial charge in [-0.1, -0.05) is 48.0 Å². The molecule has 1 aromatic heterocycles. The van der Waals surface area contributed by atoms with E-state index in [0.29, 0.717) is 49.3 Å². The van der Waals surface area contributed by atoms with Crippen LogP contribution in [0.1, 0.15) is 18.4 Å². The first kappa shape index (κ1) is 25.0. The SMILES string of the molecule is C=CCCC(O)CN(CCOC)Cc1c(-c2ccccc2)nn(C)c1Oc1ccc(Cl)cc1. The second-order valence-electron chi connectivity index (χ2n) is 7.93. The summed E-state index contributed by atoms with van der Waals surface area (Å²) in [5.41, 5.74) is 2.81. The maximum absolute atomic E-state index is 10.6. The fraction of sp³-hybridized carbons (Fsp3) is 0.346. The lowest BCUT2D eigenvalue weighted by atomic mass is 10.1. The smallest absolute Gasteiger partial charge is 0.222 e. The molecule has 1 unspecified atom stereocenters. The maximum atomic E-state index is 10.6. The number of ether oxygens (including phenoxy) is 2. The summed E-state index contributed by atoms with van der Waals surface area (Å²) in [7, 11) is 3.56. The van der Waals surface area contributed by atoms with Crippen LogP contribution >= 0.6 is 11.6 Å². The van der Waals surface area contributed by atoms with E-state index in [-0.39, 0.29) is 0 Å². The third-order valence-electron chi connectivity index (χ3n) is 5.33. The first-order valence-corrected chi connectivity index (χ1v) is 11.4. The topological polar surface area (TPSA) is 59.8 Å². The van der Waals surface area contributed by atoms with Gasteiger partial charge < -0.3 is 14.6 Å². The molecule has 0 amide bonds. The highest BCUT2D eigenvalue weighted by atomic mass is 35.5. The molecule has 2 aromatic carbocycles. The van der Waals surface area contributed by atoms with E-state index in [4.69, 9.17) is 26.2 Å². The minimum absolute atomic E-state index is 0.461. The quantitative estimate of drug-likeness (QED) is 0.344. The summed E-state index contributed by atoms with van der Waals surface area (Å²) in [6.07, 6.45) is 2.80. The van der Waals surface area contributed by atoms with Crippen molar-refractivity contribution in [2.75, 3.05) is 26.8 Å². The number of benzene rings is 2. The number of allylic oxidation sites excluding steroid dienone is 1. The van der Waals surface area contributed by atoms with Gasteiger partial charge in [-0.2, -0.15) is 5.10 Å². The van der Waals surface area contributed by atoms with E-state index in [1.54, 1.807) is 23.9 Å². The molecule has 1 atom stereocenters. The molecule has 0 bridgehead atoms. The highest BCUT2D eigenvalue weighted by molar-refractivity contribution is 6.30. The first-order chi connectivity index (χ1) is 16.0. The van der Waals surface area contributed by atoms with Gasteiger partial charge in [0.15, 0.2) is 0 Å². The van der Waals surface area contributed by atoms with E-state index < -0.39 is 6.10 Å². The van der Waals surface area contributed by atoms with Gasteiger partial charge in [-0.25, -0.2) is 4.68 Å². The molecule has 7 heteroatoms. The predicted octanol–water partition coefficient (Wildman–Crippen LogP) is 5.31. The summed E-state index contributed by atoms with van der Waals surface area (Å²) in [6.45, 7) is 6.05. The Kier molecular flexibility index (Phi) is 9.51. The lowest BCUT2D eigenvalue weighted by Crippen LogP contribution is -2.34. The molecule has 0 spiro atoms. The zero-order valence-electron chi connectivity index (χ0n) is 19.3. The largest absolute Gasteiger partial charge is 0.439 e. The highest BCUT2D eigenvalue weighted by Gasteiger charge is 2.23. The van der Waals surface area contributed by atoms with Gasteiger partial charge in [0, 0.05) is 44.4 Å². The van der Waals surface area contributed by atoms with Crippen molar-refractivity contribution >= 4 is 11.6 Å². The Bertz CT molecular complexity index is 1010. The van der Waals surface area contributed by atoms with Gasteiger partial charge >= 0.3 is 0 Å².